The zero-order valence-corrected chi connectivity index (χ0v) is 10.9. The summed E-state index contributed by atoms with van der Waals surface area (Å²) in [4.78, 5) is 11.7. The van der Waals surface area contributed by atoms with E-state index in [1.54, 1.807) is 0 Å². The molecule has 0 aromatic heterocycles. The van der Waals surface area contributed by atoms with E-state index in [9.17, 15) is 4.79 Å². The molecule has 3 rings (SSSR count). The summed E-state index contributed by atoms with van der Waals surface area (Å²) < 4.78 is 0. The Morgan fingerprint density at radius 1 is 1.16 bits per heavy atom. The van der Waals surface area contributed by atoms with Gasteiger partial charge in [0.25, 0.3) is 0 Å². The molecule has 0 saturated heterocycles. The number of carbonyl (C=O) groups excluding carboxylic acids is 1. The highest BCUT2D eigenvalue weighted by molar-refractivity contribution is 5.89. The predicted molar refractivity (Wildman–Crippen MR) is 76.8 cm³/mol. The summed E-state index contributed by atoms with van der Waals surface area (Å²) in [6, 6.07) is 14.6. The molecule has 1 amide bonds. The number of nitrogens with two attached hydrogens (primary N) is 1. The predicted octanol–water partition coefficient (Wildman–Crippen LogP) is 1.99. The average molecular weight is 254 g/mol. The maximum Gasteiger partial charge on any atom is 0.240 e. The number of hydrogen-bond acceptors (Lipinski definition) is 2. The van der Waals surface area contributed by atoms with Gasteiger partial charge in [0, 0.05) is 6.54 Å². The van der Waals surface area contributed by atoms with Crippen molar-refractivity contribution in [2.75, 3.05) is 6.54 Å². The Labute approximate surface area is 112 Å². The summed E-state index contributed by atoms with van der Waals surface area (Å²) in [5.74, 6) is -0.00673. The average Bonchev–Trinajstić information content (AvgIpc) is 3.18. The Kier molecular flexibility index (Phi) is 2.99. The minimum Gasteiger partial charge on any atom is -0.354 e. The van der Waals surface area contributed by atoms with Gasteiger partial charge in [-0.15, -0.1) is 0 Å². The molecule has 0 heterocycles. The van der Waals surface area contributed by atoms with Crippen molar-refractivity contribution in [1.29, 1.82) is 0 Å². The largest absolute Gasteiger partial charge is 0.354 e. The SMILES string of the molecule is NC1(C(=O)NCCc2cccc3ccccc23)CC1. The summed E-state index contributed by atoms with van der Waals surface area (Å²) in [5.41, 5.74) is 6.54. The third kappa shape index (κ3) is 2.47. The monoisotopic (exact) mass is 254 g/mol. The van der Waals surface area contributed by atoms with Crippen LogP contribution in [-0.2, 0) is 11.2 Å². The molecule has 0 radical (unpaired) electrons. The molecule has 1 aliphatic rings. The van der Waals surface area contributed by atoms with Crippen molar-refractivity contribution in [3.8, 4) is 0 Å². The van der Waals surface area contributed by atoms with E-state index in [1.807, 2.05) is 12.1 Å². The maximum absolute atomic E-state index is 11.7. The fourth-order valence-corrected chi connectivity index (χ4v) is 2.36. The first kappa shape index (κ1) is 12.2. The standard InChI is InChI=1S/C16H18N2O/c17-16(9-10-16)15(19)18-11-8-13-6-3-5-12-4-1-2-7-14(12)13/h1-7H,8-11,17H2,(H,18,19). The van der Waals surface area contributed by atoms with Gasteiger partial charge in [0.2, 0.25) is 5.91 Å². The van der Waals surface area contributed by atoms with Crippen LogP contribution < -0.4 is 11.1 Å². The molecule has 0 spiro atoms. The van der Waals surface area contributed by atoms with Crippen molar-refractivity contribution < 1.29 is 4.79 Å². The van der Waals surface area contributed by atoms with E-state index in [4.69, 9.17) is 5.73 Å². The summed E-state index contributed by atoms with van der Waals surface area (Å²) in [6.45, 7) is 0.645. The third-order valence-electron chi connectivity index (χ3n) is 3.80. The van der Waals surface area contributed by atoms with Crippen LogP contribution in [0.3, 0.4) is 0 Å². The van der Waals surface area contributed by atoms with Gasteiger partial charge >= 0.3 is 0 Å². The van der Waals surface area contributed by atoms with Crippen LogP contribution in [0.15, 0.2) is 42.5 Å². The molecule has 1 fully saturated rings. The van der Waals surface area contributed by atoms with Gasteiger partial charge < -0.3 is 11.1 Å². The van der Waals surface area contributed by atoms with E-state index in [-0.39, 0.29) is 5.91 Å². The Hall–Kier alpha value is -1.87. The Morgan fingerprint density at radius 3 is 2.68 bits per heavy atom. The van der Waals surface area contributed by atoms with Crippen LogP contribution >= 0.6 is 0 Å². The van der Waals surface area contributed by atoms with Crippen molar-refractivity contribution >= 4 is 16.7 Å². The van der Waals surface area contributed by atoms with Gasteiger partial charge in [-0.25, -0.2) is 0 Å². The van der Waals surface area contributed by atoms with Crippen molar-refractivity contribution in [3.63, 3.8) is 0 Å². The Bertz CT molecular complexity index is 612. The quantitative estimate of drug-likeness (QED) is 0.876. The molecule has 0 unspecified atom stereocenters. The lowest BCUT2D eigenvalue weighted by Gasteiger charge is -2.11. The van der Waals surface area contributed by atoms with Crippen molar-refractivity contribution in [3.05, 3.63) is 48.0 Å². The summed E-state index contributed by atoms with van der Waals surface area (Å²) in [6.07, 6.45) is 2.46. The van der Waals surface area contributed by atoms with Crippen molar-refractivity contribution in [2.24, 2.45) is 5.73 Å². The lowest BCUT2D eigenvalue weighted by atomic mass is 10.0. The molecular weight excluding hydrogens is 236 g/mol. The van der Waals surface area contributed by atoms with E-state index in [0.717, 1.165) is 19.3 Å². The first-order valence-electron chi connectivity index (χ1n) is 6.73. The normalized spacial score (nSPS) is 16.3. The van der Waals surface area contributed by atoms with Crippen LogP contribution in [0.1, 0.15) is 18.4 Å². The number of nitrogens with one attached hydrogen (secondary N) is 1. The number of carbonyl (C=O) groups is 1. The molecule has 2 aromatic rings. The second-order valence-corrected chi connectivity index (χ2v) is 5.30. The summed E-state index contributed by atoms with van der Waals surface area (Å²) >= 11 is 0. The Balaban J connectivity index is 1.67. The summed E-state index contributed by atoms with van der Waals surface area (Å²) in [7, 11) is 0. The van der Waals surface area contributed by atoms with Gasteiger partial charge in [0.1, 0.15) is 0 Å². The van der Waals surface area contributed by atoms with Crippen LogP contribution in [0, 0.1) is 0 Å². The van der Waals surface area contributed by atoms with Gasteiger partial charge in [0.05, 0.1) is 5.54 Å². The third-order valence-corrected chi connectivity index (χ3v) is 3.80. The zero-order valence-electron chi connectivity index (χ0n) is 10.9. The van der Waals surface area contributed by atoms with Crippen molar-refractivity contribution in [2.45, 2.75) is 24.8 Å². The molecule has 2 aromatic carbocycles. The van der Waals surface area contributed by atoms with E-state index >= 15 is 0 Å². The number of rotatable bonds is 4. The molecule has 3 N–H and O–H groups in total. The number of hydrogen-bond donors (Lipinski definition) is 2. The molecule has 0 aliphatic heterocycles. The van der Waals surface area contributed by atoms with Crippen LogP contribution in [0.25, 0.3) is 10.8 Å². The smallest absolute Gasteiger partial charge is 0.240 e. The molecule has 19 heavy (non-hydrogen) atoms. The molecule has 0 bridgehead atoms. The first-order chi connectivity index (χ1) is 9.19. The van der Waals surface area contributed by atoms with E-state index in [0.29, 0.717) is 6.54 Å². The number of benzene rings is 2. The molecule has 0 atom stereocenters. The zero-order chi connectivity index (χ0) is 13.3. The molecule has 1 aliphatic carbocycles. The van der Waals surface area contributed by atoms with Crippen LogP contribution in [0.2, 0.25) is 0 Å². The van der Waals surface area contributed by atoms with Gasteiger partial charge in [-0.2, -0.15) is 0 Å². The Morgan fingerprint density at radius 2 is 1.89 bits per heavy atom. The molecule has 3 nitrogen and oxygen atoms in total. The maximum atomic E-state index is 11.7. The molecule has 1 saturated carbocycles. The highest BCUT2D eigenvalue weighted by Gasteiger charge is 2.45. The van der Waals surface area contributed by atoms with Crippen LogP contribution in [-0.4, -0.2) is 18.0 Å². The molecular formula is C16H18N2O. The van der Waals surface area contributed by atoms with Gasteiger partial charge in [0.15, 0.2) is 0 Å². The summed E-state index contributed by atoms with van der Waals surface area (Å²) in [5, 5.41) is 5.43. The number of fused-ring (bicyclic) bond motifs is 1. The fourth-order valence-electron chi connectivity index (χ4n) is 2.36. The van der Waals surface area contributed by atoms with Gasteiger partial charge in [-0.1, -0.05) is 42.5 Å². The highest BCUT2D eigenvalue weighted by Crippen LogP contribution is 2.32. The second-order valence-electron chi connectivity index (χ2n) is 5.30. The first-order valence-corrected chi connectivity index (χ1v) is 6.73. The minimum absolute atomic E-state index is 0.00673. The van der Waals surface area contributed by atoms with Gasteiger partial charge in [-0.05, 0) is 35.6 Å². The fraction of sp³-hybridized carbons (Fsp3) is 0.312. The molecule has 98 valence electrons. The minimum atomic E-state index is -0.571. The van der Waals surface area contributed by atoms with Crippen molar-refractivity contribution in [1.82, 2.24) is 5.32 Å². The van der Waals surface area contributed by atoms with Gasteiger partial charge in [-0.3, -0.25) is 4.79 Å². The van der Waals surface area contributed by atoms with E-state index in [2.05, 4.69) is 35.6 Å². The lowest BCUT2D eigenvalue weighted by Crippen LogP contribution is -2.43. The highest BCUT2D eigenvalue weighted by atomic mass is 16.2. The van der Waals surface area contributed by atoms with E-state index in [1.165, 1.54) is 16.3 Å². The lowest BCUT2D eigenvalue weighted by molar-refractivity contribution is -0.123. The van der Waals surface area contributed by atoms with Crippen LogP contribution in [0.5, 0.6) is 0 Å². The number of amides is 1. The topological polar surface area (TPSA) is 55.1 Å². The van der Waals surface area contributed by atoms with E-state index < -0.39 is 5.54 Å². The molecule has 3 heteroatoms. The van der Waals surface area contributed by atoms with Crippen LogP contribution in [0.4, 0.5) is 0 Å². The second kappa shape index (κ2) is 4.67.